The average Bonchev–Trinajstić information content (AvgIpc) is 2.37. The van der Waals surface area contributed by atoms with Crippen LogP contribution in [0.1, 0.15) is 38.8 Å². The summed E-state index contributed by atoms with van der Waals surface area (Å²) in [5.41, 5.74) is 6.89. The van der Waals surface area contributed by atoms with Crippen LogP contribution in [0.5, 0.6) is 5.75 Å². The van der Waals surface area contributed by atoms with Gasteiger partial charge in [-0.05, 0) is 37.0 Å². The summed E-state index contributed by atoms with van der Waals surface area (Å²) >= 11 is 0. The molecule has 0 aromatic heterocycles. The van der Waals surface area contributed by atoms with Gasteiger partial charge in [0.25, 0.3) is 0 Å². The van der Waals surface area contributed by atoms with Crippen LogP contribution in [0.25, 0.3) is 0 Å². The quantitative estimate of drug-likeness (QED) is 0.828. The first-order valence-electron chi connectivity index (χ1n) is 6.64. The highest BCUT2D eigenvalue weighted by Gasteiger charge is 2.17. The van der Waals surface area contributed by atoms with Crippen molar-refractivity contribution in [2.75, 3.05) is 7.11 Å². The lowest BCUT2D eigenvalue weighted by Gasteiger charge is -2.19. The third-order valence-corrected chi connectivity index (χ3v) is 3.04. The lowest BCUT2D eigenvalue weighted by atomic mass is 10.0. The van der Waals surface area contributed by atoms with E-state index in [1.807, 2.05) is 31.2 Å². The summed E-state index contributed by atoms with van der Waals surface area (Å²) in [5, 5.41) is 2.93. The van der Waals surface area contributed by atoms with Crippen molar-refractivity contribution < 1.29 is 9.53 Å². The minimum Gasteiger partial charge on any atom is -0.497 e. The van der Waals surface area contributed by atoms with Gasteiger partial charge in [-0.2, -0.15) is 0 Å². The average molecular weight is 264 g/mol. The number of carbonyl (C=O) groups is 1. The number of methoxy groups -OCH3 is 1. The van der Waals surface area contributed by atoms with Gasteiger partial charge in [-0.25, -0.2) is 0 Å². The zero-order valence-electron chi connectivity index (χ0n) is 12.1. The molecule has 1 amide bonds. The van der Waals surface area contributed by atoms with Crippen LogP contribution in [0.4, 0.5) is 0 Å². The molecule has 0 aliphatic carbocycles. The zero-order valence-corrected chi connectivity index (χ0v) is 12.1. The van der Waals surface area contributed by atoms with E-state index >= 15 is 0 Å². The highest BCUT2D eigenvalue weighted by Crippen LogP contribution is 2.17. The second kappa shape index (κ2) is 7.14. The van der Waals surface area contributed by atoms with Crippen molar-refractivity contribution in [2.24, 2.45) is 11.7 Å². The second-order valence-electron chi connectivity index (χ2n) is 5.24. The van der Waals surface area contributed by atoms with E-state index in [4.69, 9.17) is 10.5 Å². The third kappa shape index (κ3) is 4.91. The van der Waals surface area contributed by atoms with E-state index in [1.165, 1.54) is 0 Å². The lowest BCUT2D eigenvalue weighted by Crippen LogP contribution is -2.42. The molecule has 1 unspecified atom stereocenters. The predicted molar refractivity (Wildman–Crippen MR) is 77.0 cm³/mol. The van der Waals surface area contributed by atoms with Crippen molar-refractivity contribution in [1.82, 2.24) is 5.32 Å². The molecule has 1 rings (SSSR count). The lowest BCUT2D eigenvalue weighted by molar-refractivity contribution is -0.123. The Morgan fingerprint density at radius 1 is 1.26 bits per heavy atom. The summed E-state index contributed by atoms with van der Waals surface area (Å²) in [5.74, 6) is 1.12. The Morgan fingerprint density at radius 2 is 1.84 bits per heavy atom. The van der Waals surface area contributed by atoms with Gasteiger partial charge >= 0.3 is 0 Å². The summed E-state index contributed by atoms with van der Waals surface area (Å²) in [6.07, 6.45) is 0.696. The monoisotopic (exact) mass is 264 g/mol. The molecule has 1 aromatic carbocycles. The second-order valence-corrected chi connectivity index (χ2v) is 5.24. The summed E-state index contributed by atoms with van der Waals surface area (Å²) in [4.78, 5) is 11.9. The molecular formula is C15H24N2O2. The largest absolute Gasteiger partial charge is 0.497 e. The molecule has 0 bridgehead atoms. The first kappa shape index (κ1) is 15.5. The summed E-state index contributed by atoms with van der Waals surface area (Å²) in [6.45, 7) is 6.06. The van der Waals surface area contributed by atoms with Crippen LogP contribution in [-0.2, 0) is 4.79 Å². The SMILES string of the molecule is COc1ccc(C(C)NC(=O)[C@H](N)CC(C)C)cc1. The van der Waals surface area contributed by atoms with Gasteiger partial charge in [0, 0.05) is 0 Å². The van der Waals surface area contributed by atoms with Crippen molar-refractivity contribution in [2.45, 2.75) is 39.3 Å². The van der Waals surface area contributed by atoms with Crippen molar-refractivity contribution >= 4 is 5.91 Å². The zero-order chi connectivity index (χ0) is 14.4. The maximum Gasteiger partial charge on any atom is 0.237 e. The molecule has 4 heteroatoms. The fourth-order valence-electron chi connectivity index (χ4n) is 1.91. The Morgan fingerprint density at radius 3 is 2.32 bits per heavy atom. The number of ether oxygens (including phenoxy) is 1. The van der Waals surface area contributed by atoms with E-state index < -0.39 is 6.04 Å². The molecule has 0 saturated heterocycles. The van der Waals surface area contributed by atoms with Gasteiger partial charge in [0.15, 0.2) is 0 Å². The molecule has 0 fully saturated rings. The molecule has 4 nitrogen and oxygen atoms in total. The van der Waals surface area contributed by atoms with E-state index in [1.54, 1.807) is 7.11 Å². The van der Waals surface area contributed by atoms with Gasteiger partial charge in [0.1, 0.15) is 5.75 Å². The molecule has 0 spiro atoms. The summed E-state index contributed by atoms with van der Waals surface area (Å²) < 4.78 is 5.10. The van der Waals surface area contributed by atoms with E-state index in [-0.39, 0.29) is 11.9 Å². The maximum atomic E-state index is 11.9. The minimum atomic E-state index is -0.444. The number of hydrogen-bond acceptors (Lipinski definition) is 3. The van der Waals surface area contributed by atoms with Crippen LogP contribution in [0.2, 0.25) is 0 Å². The number of nitrogens with one attached hydrogen (secondary N) is 1. The smallest absolute Gasteiger partial charge is 0.237 e. The fraction of sp³-hybridized carbons (Fsp3) is 0.533. The van der Waals surface area contributed by atoms with Gasteiger partial charge in [-0.3, -0.25) is 4.79 Å². The van der Waals surface area contributed by atoms with Crippen molar-refractivity contribution in [3.05, 3.63) is 29.8 Å². The third-order valence-electron chi connectivity index (χ3n) is 3.04. The topological polar surface area (TPSA) is 64.3 Å². The molecule has 19 heavy (non-hydrogen) atoms. The molecule has 106 valence electrons. The summed E-state index contributed by atoms with van der Waals surface area (Å²) in [6, 6.07) is 7.14. The van der Waals surface area contributed by atoms with Crippen molar-refractivity contribution in [1.29, 1.82) is 0 Å². The Labute approximate surface area is 115 Å². The molecule has 1 aromatic rings. The van der Waals surface area contributed by atoms with E-state index in [9.17, 15) is 4.79 Å². The van der Waals surface area contributed by atoms with Crippen LogP contribution in [0.15, 0.2) is 24.3 Å². The van der Waals surface area contributed by atoms with Crippen LogP contribution in [0, 0.1) is 5.92 Å². The summed E-state index contributed by atoms with van der Waals surface area (Å²) in [7, 11) is 1.63. The Hall–Kier alpha value is -1.55. The van der Waals surface area contributed by atoms with Gasteiger partial charge < -0.3 is 15.8 Å². The van der Waals surface area contributed by atoms with Crippen LogP contribution in [-0.4, -0.2) is 19.1 Å². The number of carbonyl (C=O) groups excluding carboxylic acids is 1. The molecule has 2 atom stereocenters. The van der Waals surface area contributed by atoms with Gasteiger partial charge in [0.05, 0.1) is 19.2 Å². The van der Waals surface area contributed by atoms with Crippen molar-refractivity contribution in [3.8, 4) is 5.75 Å². The number of rotatable bonds is 6. The fourth-order valence-corrected chi connectivity index (χ4v) is 1.91. The first-order chi connectivity index (χ1) is 8.93. The minimum absolute atomic E-state index is 0.0587. The number of nitrogens with two attached hydrogens (primary N) is 1. The molecule has 0 aliphatic rings. The number of hydrogen-bond donors (Lipinski definition) is 2. The Kier molecular flexibility index (Phi) is 5.83. The standard InChI is InChI=1S/C15H24N2O2/c1-10(2)9-14(16)15(18)17-11(3)12-5-7-13(19-4)8-6-12/h5-8,10-11,14H,9,16H2,1-4H3,(H,17,18)/t11?,14-/m1/s1. The van der Waals surface area contributed by atoms with E-state index in [0.717, 1.165) is 11.3 Å². The van der Waals surface area contributed by atoms with Crippen LogP contribution < -0.4 is 15.8 Å². The van der Waals surface area contributed by atoms with Crippen LogP contribution >= 0.6 is 0 Å². The van der Waals surface area contributed by atoms with E-state index in [0.29, 0.717) is 12.3 Å². The number of benzene rings is 1. The van der Waals surface area contributed by atoms with E-state index in [2.05, 4.69) is 19.2 Å². The van der Waals surface area contributed by atoms with Gasteiger partial charge in [0.2, 0.25) is 5.91 Å². The predicted octanol–water partition coefficient (Wildman–Crippen LogP) is 2.25. The normalized spacial score (nSPS) is 14.0. The molecular weight excluding hydrogens is 240 g/mol. The highest BCUT2D eigenvalue weighted by atomic mass is 16.5. The van der Waals surface area contributed by atoms with Gasteiger partial charge in [-0.1, -0.05) is 26.0 Å². The molecule has 0 saturated carbocycles. The molecule has 3 N–H and O–H groups in total. The number of amides is 1. The molecule has 0 heterocycles. The molecule has 0 radical (unpaired) electrons. The molecule has 0 aliphatic heterocycles. The van der Waals surface area contributed by atoms with Crippen molar-refractivity contribution in [3.63, 3.8) is 0 Å². The van der Waals surface area contributed by atoms with Crippen LogP contribution in [0.3, 0.4) is 0 Å². The highest BCUT2D eigenvalue weighted by molar-refractivity contribution is 5.81. The Balaban J connectivity index is 2.57. The maximum absolute atomic E-state index is 11.9. The van der Waals surface area contributed by atoms with Gasteiger partial charge in [-0.15, -0.1) is 0 Å². The Bertz CT molecular complexity index is 401. The first-order valence-corrected chi connectivity index (χ1v) is 6.64.